The summed E-state index contributed by atoms with van der Waals surface area (Å²) in [6.07, 6.45) is 0. The molecule has 0 radical (unpaired) electrons. The zero-order chi connectivity index (χ0) is 22.0. The monoisotopic (exact) mass is 411 g/mol. The number of aromatic nitrogens is 3. The molecule has 0 aliphatic rings. The number of hydrogen-bond donors (Lipinski definition) is 2. The Morgan fingerprint density at radius 1 is 0.613 bits per heavy atom. The normalized spacial score (nSPS) is 10.6. The molecule has 0 atom stereocenters. The van der Waals surface area contributed by atoms with Gasteiger partial charge in [-0.2, -0.15) is 0 Å². The largest absolute Gasteiger partial charge is 0.477 e. The minimum atomic E-state index is -1.13. The zero-order valence-electron chi connectivity index (χ0n) is 16.5. The van der Waals surface area contributed by atoms with Crippen LogP contribution >= 0.6 is 0 Å². The minimum Gasteiger partial charge on any atom is -0.477 e. The highest BCUT2D eigenvalue weighted by Crippen LogP contribution is 2.29. The Bertz CT molecular complexity index is 1220. The van der Waals surface area contributed by atoms with Gasteiger partial charge in [0.25, 0.3) is 0 Å². The van der Waals surface area contributed by atoms with Crippen LogP contribution in [0.2, 0.25) is 0 Å². The molecule has 1 aromatic carbocycles. The van der Waals surface area contributed by atoms with Gasteiger partial charge in [0.05, 0.1) is 22.8 Å². The van der Waals surface area contributed by atoms with Crippen molar-refractivity contribution in [1.29, 1.82) is 0 Å². The summed E-state index contributed by atoms with van der Waals surface area (Å²) in [5, 5.41) is 18.6. The lowest BCUT2D eigenvalue weighted by molar-refractivity contribution is 0.0680. The Labute approximate surface area is 177 Å². The maximum atomic E-state index is 11.3. The molecule has 0 unspecified atom stereocenters. The van der Waals surface area contributed by atoms with Crippen LogP contribution in [-0.2, 0) is 0 Å². The summed E-state index contributed by atoms with van der Waals surface area (Å²) in [7, 11) is 0. The first-order valence-corrected chi connectivity index (χ1v) is 9.41. The summed E-state index contributed by atoms with van der Waals surface area (Å²) < 4.78 is 0. The van der Waals surface area contributed by atoms with Crippen LogP contribution in [0.4, 0.5) is 0 Å². The van der Waals surface area contributed by atoms with Crippen molar-refractivity contribution in [2.24, 2.45) is 0 Å². The van der Waals surface area contributed by atoms with Crippen molar-refractivity contribution in [2.75, 3.05) is 0 Å². The molecule has 3 heterocycles. The van der Waals surface area contributed by atoms with Gasteiger partial charge in [-0.15, -0.1) is 0 Å². The van der Waals surface area contributed by atoms with Crippen molar-refractivity contribution in [3.8, 4) is 33.9 Å². The molecule has 7 heteroatoms. The first-order valence-electron chi connectivity index (χ1n) is 9.41. The SMILES string of the molecule is Cc1ccc(-c2cc(-c3cccc(C(=O)O)n3)nc(-c3cccc(C(=O)O)n3)c2)cc1. The third-order valence-corrected chi connectivity index (χ3v) is 4.67. The van der Waals surface area contributed by atoms with Gasteiger partial charge in [-0.3, -0.25) is 0 Å². The number of aromatic carboxylic acids is 2. The third-order valence-electron chi connectivity index (χ3n) is 4.67. The van der Waals surface area contributed by atoms with Crippen LogP contribution in [0, 0.1) is 6.92 Å². The molecule has 2 N–H and O–H groups in total. The standard InChI is InChI=1S/C24H17N3O4/c1-14-8-10-15(11-9-14)16-12-21(17-4-2-6-19(25-17)23(28)29)27-22(13-16)18-5-3-7-20(26-18)24(30)31/h2-13H,1H3,(H,28,29)(H,30,31). The summed E-state index contributed by atoms with van der Waals surface area (Å²) in [5.74, 6) is -2.26. The summed E-state index contributed by atoms with van der Waals surface area (Å²) >= 11 is 0. The van der Waals surface area contributed by atoms with Crippen LogP contribution in [0.15, 0.2) is 72.8 Å². The van der Waals surface area contributed by atoms with Gasteiger partial charge < -0.3 is 10.2 Å². The number of pyridine rings is 3. The van der Waals surface area contributed by atoms with Gasteiger partial charge in [-0.25, -0.2) is 24.5 Å². The van der Waals surface area contributed by atoms with E-state index in [1.807, 2.05) is 43.3 Å². The fourth-order valence-electron chi connectivity index (χ4n) is 3.10. The lowest BCUT2D eigenvalue weighted by atomic mass is 10.0. The molecule has 0 aliphatic carbocycles. The van der Waals surface area contributed by atoms with E-state index in [1.54, 1.807) is 24.3 Å². The van der Waals surface area contributed by atoms with Crippen LogP contribution in [0.3, 0.4) is 0 Å². The number of hydrogen-bond acceptors (Lipinski definition) is 5. The number of rotatable bonds is 5. The molecule has 0 spiro atoms. The van der Waals surface area contributed by atoms with E-state index >= 15 is 0 Å². The Balaban J connectivity index is 1.92. The third kappa shape index (κ3) is 4.30. The lowest BCUT2D eigenvalue weighted by Gasteiger charge is -2.10. The first-order chi connectivity index (χ1) is 14.9. The second kappa shape index (κ2) is 8.16. The maximum absolute atomic E-state index is 11.3. The summed E-state index contributed by atoms with van der Waals surface area (Å²) in [6.45, 7) is 2.00. The van der Waals surface area contributed by atoms with Crippen molar-refractivity contribution in [1.82, 2.24) is 15.0 Å². The van der Waals surface area contributed by atoms with Gasteiger partial charge in [-0.05, 0) is 54.4 Å². The number of carboxylic acids is 2. The minimum absolute atomic E-state index is 0.0902. The molecule has 0 saturated carbocycles. The second-order valence-electron chi connectivity index (χ2n) is 6.92. The molecule has 0 bridgehead atoms. The van der Waals surface area contributed by atoms with Crippen LogP contribution in [-0.4, -0.2) is 37.1 Å². The quantitative estimate of drug-likeness (QED) is 0.494. The Kier molecular flexibility index (Phi) is 5.24. The average Bonchev–Trinajstić information content (AvgIpc) is 2.79. The molecule has 0 saturated heterocycles. The van der Waals surface area contributed by atoms with Crippen LogP contribution in [0.5, 0.6) is 0 Å². The zero-order valence-corrected chi connectivity index (χ0v) is 16.5. The summed E-state index contributed by atoms with van der Waals surface area (Å²) in [6, 6.07) is 21.0. The van der Waals surface area contributed by atoms with E-state index in [9.17, 15) is 19.8 Å². The smallest absolute Gasteiger partial charge is 0.354 e. The first kappa shape index (κ1) is 19.9. The lowest BCUT2D eigenvalue weighted by Crippen LogP contribution is -2.03. The van der Waals surface area contributed by atoms with E-state index in [2.05, 4.69) is 15.0 Å². The molecule has 0 amide bonds. The van der Waals surface area contributed by atoms with Gasteiger partial charge in [0.1, 0.15) is 11.4 Å². The Hall–Kier alpha value is -4.39. The fraction of sp³-hybridized carbons (Fsp3) is 0.0417. The number of aryl methyl sites for hydroxylation is 1. The predicted molar refractivity (Wildman–Crippen MR) is 115 cm³/mol. The molecule has 152 valence electrons. The average molecular weight is 411 g/mol. The molecule has 4 rings (SSSR count). The molecule has 3 aromatic heterocycles. The van der Waals surface area contributed by atoms with E-state index in [-0.39, 0.29) is 11.4 Å². The van der Waals surface area contributed by atoms with E-state index in [1.165, 1.54) is 12.1 Å². The highest BCUT2D eigenvalue weighted by Gasteiger charge is 2.14. The molecule has 31 heavy (non-hydrogen) atoms. The number of nitrogens with zero attached hydrogens (tertiary/aromatic N) is 3. The second-order valence-corrected chi connectivity index (χ2v) is 6.92. The van der Waals surface area contributed by atoms with Crippen molar-refractivity contribution < 1.29 is 19.8 Å². The summed E-state index contributed by atoms with van der Waals surface area (Å²) in [5.41, 5.74) is 4.39. The van der Waals surface area contributed by atoms with E-state index in [4.69, 9.17) is 0 Å². The maximum Gasteiger partial charge on any atom is 0.354 e. The topological polar surface area (TPSA) is 113 Å². The Morgan fingerprint density at radius 2 is 1.10 bits per heavy atom. The number of carbonyl (C=O) groups is 2. The molecular formula is C24H17N3O4. The van der Waals surface area contributed by atoms with Gasteiger partial charge in [-0.1, -0.05) is 42.0 Å². The summed E-state index contributed by atoms with van der Waals surface area (Å²) in [4.78, 5) is 35.7. The molecular weight excluding hydrogens is 394 g/mol. The van der Waals surface area contributed by atoms with Crippen LogP contribution in [0.25, 0.3) is 33.9 Å². The van der Waals surface area contributed by atoms with E-state index < -0.39 is 11.9 Å². The highest BCUT2D eigenvalue weighted by molar-refractivity contribution is 5.87. The van der Waals surface area contributed by atoms with Gasteiger partial charge in [0, 0.05) is 0 Å². The van der Waals surface area contributed by atoms with E-state index in [0.29, 0.717) is 22.8 Å². The predicted octanol–water partition coefficient (Wildman–Crippen LogP) is 4.58. The van der Waals surface area contributed by atoms with Crippen molar-refractivity contribution >= 4 is 11.9 Å². The molecule has 4 aromatic rings. The number of carboxylic acid groups (broad SMARTS) is 2. The van der Waals surface area contributed by atoms with E-state index in [0.717, 1.165) is 16.7 Å². The van der Waals surface area contributed by atoms with Crippen LogP contribution in [0.1, 0.15) is 26.5 Å². The fourth-order valence-corrected chi connectivity index (χ4v) is 3.10. The molecule has 0 aliphatic heterocycles. The van der Waals surface area contributed by atoms with Gasteiger partial charge >= 0.3 is 11.9 Å². The molecule has 7 nitrogen and oxygen atoms in total. The van der Waals surface area contributed by atoms with Crippen molar-refractivity contribution in [2.45, 2.75) is 6.92 Å². The van der Waals surface area contributed by atoms with Crippen molar-refractivity contribution in [3.63, 3.8) is 0 Å². The highest BCUT2D eigenvalue weighted by atomic mass is 16.4. The van der Waals surface area contributed by atoms with Gasteiger partial charge in [0.15, 0.2) is 0 Å². The van der Waals surface area contributed by atoms with Gasteiger partial charge in [0.2, 0.25) is 0 Å². The van der Waals surface area contributed by atoms with Crippen molar-refractivity contribution in [3.05, 3.63) is 89.7 Å². The Morgan fingerprint density at radius 3 is 1.55 bits per heavy atom. The molecule has 0 fully saturated rings. The van der Waals surface area contributed by atoms with Crippen LogP contribution < -0.4 is 0 Å². The number of benzene rings is 1.